The number of carboxylic acid groups (broad SMARTS) is 1. The molecule has 2 heterocycles. The highest BCUT2D eigenvalue weighted by molar-refractivity contribution is 7.18. The van der Waals surface area contributed by atoms with Crippen LogP contribution >= 0.6 is 11.3 Å². The van der Waals surface area contributed by atoms with E-state index in [9.17, 15) is 14.9 Å². The summed E-state index contributed by atoms with van der Waals surface area (Å²) in [6.45, 7) is 2.74. The molecule has 1 atom stereocenters. The molecule has 0 bridgehead atoms. The molecule has 2 rings (SSSR count). The van der Waals surface area contributed by atoms with E-state index in [1.165, 1.54) is 0 Å². The molecule has 19 heavy (non-hydrogen) atoms. The van der Waals surface area contributed by atoms with Crippen molar-refractivity contribution < 1.29 is 19.6 Å². The summed E-state index contributed by atoms with van der Waals surface area (Å²) in [6.07, 6.45) is 1.93. The molecule has 8 heteroatoms. The third-order valence-corrected chi connectivity index (χ3v) is 4.25. The summed E-state index contributed by atoms with van der Waals surface area (Å²) in [5.41, 5.74) is 0.699. The number of aromatic carboxylic acids is 1. The second kappa shape index (κ2) is 5.54. The van der Waals surface area contributed by atoms with Gasteiger partial charge in [-0.2, -0.15) is 0 Å². The topological polar surface area (TPSA) is 102 Å². The lowest BCUT2D eigenvalue weighted by Crippen LogP contribution is -2.19. The number of carboxylic acids is 1. The zero-order valence-corrected chi connectivity index (χ0v) is 11.2. The van der Waals surface area contributed by atoms with Crippen LogP contribution < -0.4 is 5.32 Å². The molecule has 1 aromatic heterocycles. The SMILES string of the molecule is Cc1c(C(=O)O)sc([N+](=O)[O-])c1NCC1CCCO1. The number of thiophene rings is 1. The Bertz CT molecular complexity index is 507. The van der Waals surface area contributed by atoms with Crippen molar-refractivity contribution in [3.8, 4) is 0 Å². The zero-order chi connectivity index (χ0) is 14.0. The number of hydrogen-bond donors (Lipinski definition) is 2. The normalized spacial score (nSPS) is 18.5. The molecule has 1 saturated heterocycles. The van der Waals surface area contributed by atoms with Gasteiger partial charge in [0, 0.05) is 18.7 Å². The Labute approximate surface area is 113 Å². The van der Waals surface area contributed by atoms with Gasteiger partial charge in [-0.25, -0.2) is 4.79 Å². The van der Waals surface area contributed by atoms with Crippen molar-refractivity contribution in [3.05, 3.63) is 20.6 Å². The Morgan fingerprint density at radius 2 is 2.42 bits per heavy atom. The monoisotopic (exact) mass is 286 g/mol. The van der Waals surface area contributed by atoms with Gasteiger partial charge < -0.3 is 15.2 Å². The van der Waals surface area contributed by atoms with Crippen molar-refractivity contribution in [2.45, 2.75) is 25.9 Å². The van der Waals surface area contributed by atoms with Crippen molar-refractivity contribution in [2.24, 2.45) is 0 Å². The molecule has 2 N–H and O–H groups in total. The summed E-state index contributed by atoms with van der Waals surface area (Å²) < 4.78 is 5.42. The van der Waals surface area contributed by atoms with Crippen LogP contribution in [-0.4, -0.2) is 35.3 Å². The van der Waals surface area contributed by atoms with Crippen LogP contribution in [0.5, 0.6) is 0 Å². The number of carbonyl (C=O) groups is 1. The molecule has 0 spiro atoms. The van der Waals surface area contributed by atoms with E-state index in [1.807, 2.05) is 0 Å². The third-order valence-electron chi connectivity index (χ3n) is 3.02. The van der Waals surface area contributed by atoms with Crippen LogP contribution in [0.3, 0.4) is 0 Å². The van der Waals surface area contributed by atoms with Crippen LogP contribution in [-0.2, 0) is 4.74 Å². The lowest BCUT2D eigenvalue weighted by Gasteiger charge is -2.11. The van der Waals surface area contributed by atoms with Crippen molar-refractivity contribution in [3.63, 3.8) is 0 Å². The summed E-state index contributed by atoms with van der Waals surface area (Å²) in [6, 6.07) is 0. The molecule has 104 valence electrons. The molecule has 1 unspecified atom stereocenters. The number of anilines is 1. The van der Waals surface area contributed by atoms with E-state index in [0.717, 1.165) is 12.8 Å². The van der Waals surface area contributed by atoms with Crippen molar-refractivity contribution in [1.82, 2.24) is 0 Å². The van der Waals surface area contributed by atoms with E-state index in [-0.39, 0.29) is 16.0 Å². The summed E-state index contributed by atoms with van der Waals surface area (Å²) in [5.74, 6) is -1.14. The van der Waals surface area contributed by atoms with Gasteiger partial charge in [-0.3, -0.25) is 10.1 Å². The summed E-state index contributed by atoms with van der Waals surface area (Å²) >= 11 is 0.683. The van der Waals surface area contributed by atoms with E-state index < -0.39 is 10.9 Å². The van der Waals surface area contributed by atoms with Gasteiger partial charge in [-0.05, 0) is 19.8 Å². The summed E-state index contributed by atoms with van der Waals surface area (Å²) in [7, 11) is 0. The van der Waals surface area contributed by atoms with Gasteiger partial charge in [0.05, 0.1) is 11.0 Å². The second-order valence-corrected chi connectivity index (χ2v) is 5.31. The minimum Gasteiger partial charge on any atom is -0.477 e. The first kappa shape index (κ1) is 13.8. The maximum absolute atomic E-state index is 11.0. The van der Waals surface area contributed by atoms with Gasteiger partial charge in [-0.15, -0.1) is 0 Å². The van der Waals surface area contributed by atoms with E-state index in [4.69, 9.17) is 9.84 Å². The van der Waals surface area contributed by atoms with Gasteiger partial charge in [0.2, 0.25) is 0 Å². The highest BCUT2D eigenvalue weighted by atomic mass is 32.1. The van der Waals surface area contributed by atoms with Crippen LogP contribution in [0.2, 0.25) is 0 Å². The average Bonchev–Trinajstić information content (AvgIpc) is 2.94. The minimum absolute atomic E-state index is 0.00143. The van der Waals surface area contributed by atoms with Crippen molar-refractivity contribution in [2.75, 3.05) is 18.5 Å². The predicted molar refractivity (Wildman–Crippen MR) is 70.1 cm³/mol. The van der Waals surface area contributed by atoms with E-state index in [1.54, 1.807) is 6.92 Å². The smallest absolute Gasteiger partial charge is 0.348 e. The van der Waals surface area contributed by atoms with Gasteiger partial charge in [0.1, 0.15) is 10.6 Å². The Kier molecular flexibility index (Phi) is 4.01. The first-order chi connectivity index (χ1) is 9.00. The lowest BCUT2D eigenvalue weighted by molar-refractivity contribution is -0.379. The molecule has 1 aromatic rings. The summed E-state index contributed by atoms with van der Waals surface area (Å²) in [4.78, 5) is 21.4. The lowest BCUT2D eigenvalue weighted by atomic mass is 10.2. The molecule has 0 amide bonds. The molecule has 7 nitrogen and oxygen atoms in total. The quantitative estimate of drug-likeness (QED) is 0.636. The molecule has 0 aromatic carbocycles. The molecule has 0 saturated carbocycles. The Balaban J connectivity index is 2.21. The van der Waals surface area contributed by atoms with Gasteiger partial charge in [-0.1, -0.05) is 11.3 Å². The Hall–Kier alpha value is -1.67. The molecule has 0 radical (unpaired) electrons. The Morgan fingerprint density at radius 1 is 1.68 bits per heavy atom. The molecule has 1 aliphatic rings. The standard InChI is InChI=1S/C11H14N2O5S/c1-6-8(12-5-7-3-2-4-18-7)10(13(16)17)19-9(6)11(14)15/h7,12H,2-5H2,1H3,(H,14,15). The fourth-order valence-corrected chi connectivity index (χ4v) is 3.00. The maximum atomic E-state index is 11.0. The number of ether oxygens (including phenoxy) is 1. The summed E-state index contributed by atoms with van der Waals surface area (Å²) in [5, 5.41) is 22.8. The zero-order valence-electron chi connectivity index (χ0n) is 10.3. The van der Waals surface area contributed by atoms with Gasteiger partial charge in [0.15, 0.2) is 0 Å². The first-order valence-corrected chi connectivity index (χ1v) is 6.69. The number of nitrogens with one attached hydrogen (secondary N) is 1. The average molecular weight is 286 g/mol. The van der Waals surface area contributed by atoms with Crippen LogP contribution in [0.4, 0.5) is 10.7 Å². The molecular formula is C11H14N2O5S. The minimum atomic E-state index is -1.14. The highest BCUT2D eigenvalue weighted by Crippen LogP contribution is 2.39. The molecule has 1 fully saturated rings. The Morgan fingerprint density at radius 3 is 2.95 bits per heavy atom. The first-order valence-electron chi connectivity index (χ1n) is 5.87. The fourth-order valence-electron chi connectivity index (χ4n) is 2.06. The molecular weight excluding hydrogens is 272 g/mol. The second-order valence-electron chi connectivity index (χ2n) is 4.31. The third kappa shape index (κ3) is 2.85. The van der Waals surface area contributed by atoms with Crippen LogP contribution in [0.15, 0.2) is 0 Å². The van der Waals surface area contributed by atoms with Gasteiger partial charge >= 0.3 is 11.0 Å². The van der Waals surface area contributed by atoms with E-state index >= 15 is 0 Å². The number of hydrogen-bond acceptors (Lipinski definition) is 6. The van der Waals surface area contributed by atoms with Crippen LogP contribution in [0.25, 0.3) is 0 Å². The number of nitro groups is 1. The number of rotatable bonds is 5. The molecule has 1 aliphatic heterocycles. The predicted octanol–water partition coefficient (Wildman–Crippen LogP) is 2.25. The highest BCUT2D eigenvalue weighted by Gasteiger charge is 2.27. The maximum Gasteiger partial charge on any atom is 0.348 e. The van der Waals surface area contributed by atoms with E-state index in [2.05, 4.69) is 5.32 Å². The van der Waals surface area contributed by atoms with Crippen LogP contribution in [0.1, 0.15) is 28.1 Å². The largest absolute Gasteiger partial charge is 0.477 e. The van der Waals surface area contributed by atoms with Crippen molar-refractivity contribution >= 4 is 28.0 Å². The van der Waals surface area contributed by atoms with Crippen LogP contribution in [0, 0.1) is 17.0 Å². The van der Waals surface area contributed by atoms with Crippen molar-refractivity contribution in [1.29, 1.82) is 0 Å². The van der Waals surface area contributed by atoms with E-state index in [0.29, 0.717) is 35.7 Å². The number of nitrogens with zero attached hydrogens (tertiary/aromatic N) is 1. The molecule has 0 aliphatic carbocycles. The fraction of sp³-hybridized carbons (Fsp3) is 0.545. The van der Waals surface area contributed by atoms with Gasteiger partial charge in [0.25, 0.3) is 0 Å².